The van der Waals surface area contributed by atoms with Crippen LogP contribution in [0.1, 0.15) is 29.6 Å². The van der Waals surface area contributed by atoms with Crippen LogP contribution in [0.2, 0.25) is 5.02 Å². The molecule has 5 nitrogen and oxygen atoms in total. The van der Waals surface area contributed by atoms with Crippen molar-refractivity contribution in [2.24, 2.45) is 5.73 Å². The first-order chi connectivity index (χ1) is 8.99. The van der Waals surface area contributed by atoms with Crippen molar-refractivity contribution in [3.8, 4) is 0 Å². The van der Waals surface area contributed by atoms with E-state index in [4.69, 9.17) is 23.1 Å². The number of hydrogen-bond acceptors (Lipinski definition) is 3. The Bertz CT molecular complexity index is 498. The fraction of sp³-hybridized carbons (Fsp3) is 0.385. The predicted octanol–water partition coefficient (Wildman–Crippen LogP) is 1.40. The van der Waals surface area contributed by atoms with Crippen LogP contribution >= 0.6 is 11.6 Å². The summed E-state index contributed by atoms with van der Waals surface area (Å²) in [6.45, 7) is 0.527. The molecule has 6 heteroatoms. The molecule has 0 aliphatic carbocycles. The third-order valence-electron chi connectivity index (χ3n) is 3.26. The SMILES string of the molecule is NC(=O)C1CCCCN1C(=O)c1cc(N)cc(Cl)c1. The minimum Gasteiger partial charge on any atom is -0.399 e. The lowest BCUT2D eigenvalue weighted by atomic mass is 10.00. The topological polar surface area (TPSA) is 89.4 Å². The number of nitrogens with zero attached hydrogens (tertiary/aromatic N) is 1. The monoisotopic (exact) mass is 281 g/mol. The molecule has 1 heterocycles. The molecule has 1 aromatic rings. The fourth-order valence-corrected chi connectivity index (χ4v) is 2.62. The van der Waals surface area contributed by atoms with Crippen LogP contribution in [0.5, 0.6) is 0 Å². The summed E-state index contributed by atoms with van der Waals surface area (Å²) >= 11 is 5.89. The molecule has 0 saturated carbocycles. The smallest absolute Gasteiger partial charge is 0.254 e. The fourth-order valence-electron chi connectivity index (χ4n) is 2.37. The maximum absolute atomic E-state index is 12.4. The van der Waals surface area contributed by atoms with Crippen molar-refractivity contribution in [2.45, 2.75) is 25.3 Å². The summed E-state index contributed by atoms with van der Waals surface area (Å²) in [5, 5.41) is 0.399. The van der Waals surface area contributed by atoms with Crippen molar-refractivity contribution in [1.29, 1.82) is 0 Å². The van der Waals surface area contributed by atoms with E-state index in [1.807, 2.05) is 0 Å². The average Bonchev–Trinajstić information content (AvgIpc) is 2.36. The van der Waals surface area contributed by atoms with Gasteiger partial charge in [0.25, 0.3) is 5.91 Å². The van der Waals surface area contributed by atoms with Gasteiger partial charge in [-0.15, -0.1) is 0 Å². The molecule has 19 heavy (non-hydrogen) atoms. The molecule has 0 spiro atoms. The Morgan fingerprint density at radius 3 is 2.63 bits per heavy atom. The summed E-state index contributed by atoms with van der Waals surface area (Å²) in [6, 6.07) is 4.13. The summed E-state index contributed by atoms with van der Waals surface area (Å²) in [4.78, 5) is 25.3. The average molecular weight is 282 g/mol. The number of piperidine rings is 1. The van der Waals surface area contributed by atoms with Crippen LogP contribution in [0.15, 0.2) is 18.2 Å². The Morgan fingerprint density at radius 2 is 2.00 bits per heavy atom. The highest BCUT2D eigenvalue weighted by Crippen LogP contribution is 2.22. The van der Waals surface area contributed by atoms with Gasteiger partial charge >= 0.3 is 0 Å². The van der Waals surface area contributed by atoms with Gasteiger partial charge in [-0.05, 0) is 37.5 Å². The molecule has 1 aliphatic rings. The number of nitrogens with two attached hydrogens (primary N) is 2. The molecular formula is C13H16ClN3O2. The zero-order chi connectivity index (χ0) is 14.0. The number of likely N-dealkylation sites (tertiary alicyclic amines) is 1. The molecule has 102 valence electrons. The lowest BCUT2D eigenvalue weighted by molar-refractivity contribution is -0.123. The molecule has 0 bridgehead atoms. The molecule has 1 atom stereocenters. The van der Waals surface area contributed by atoms with Gasteiger partial charge in [-0.2, -0.15) is 0 Å². The van der Waals surface area contributed by atoms with E-state index in [1.165, 1.54) is 4.90 Å². The van der Waals surface area contributed by atoms with Gasteiger partial charge in [-0.3, -0.25) is 9.59 Å². The minimum absolute atomic E-state index is 0.252. The van der Waals surface area contributed by atoms with Gasteiger partial charge in [-0.25, -0.2) is 0 Å². The van der Waals surface area contributed by atoms with Crippen molar-refractivity contribution >= 4 is 29.1 Å². The first-order valence-electron chi connectivity index (χ1n) is 6.15. The van der Waals surface area contributed by atoms with Crippen LogP contribution in [0.4, 0.5) is 5.69 Å². The maximum atomic E-state index is 12.4. The van der Waals surface area contributed by atoms with Crippen molar-refractivity contribution < 1.29 is 9.59 Å². The Kier molecular flexibility index (Phi) is 3.95. The Balaban J connectivity index is 2.28. The van der Waals surface area contributed by atoms with Crippen LogP contribution in [0.3, 0.4) is 0 Å². The number of rotatable bonds is 2. The molecule has 2 amide bonds. The number of primary amides is 1. The summed E-state index contributed by atoms with van der Waals surface area (Å²) in [5.41, 5.74) is 11.8. The molecule has 4 N–H and O–H groups in total. The van der Waals surface area contributed by atoms with Gasteiger partial charge in [0, 0.05) is 22.8 Å². The quantitative estimate of drug-likeness (QED) is 0.803. The molecule has 0 aromatic heterocycles. The summed E-state index contributed by atoms with van der Waals surface area (Å²) in [5.74, 6) is -0.722. The highest BCUT2D eigenvalue weighted by molar-refractivity contribution is 6.31. The minimum atomic E-state index is -0.540. The van der Waals surface area contributed by atoms with Crippen LogP contribution < -0.4 is 11.5 Å². The molecule has 1 aliphatic heterocycles. The van der Waals surface area contributed by atoms with Crippen LogP contribution in [-0.2, 0) is 4.79 Å². The zero-order valence-electron chi connectivity index (χ0n) is 10.4. The normalized spacial score (nSPS) is 19.2. The number of carbonyl (C=O) groups excluding carboxylic acids is 2. The van der Waals surface area contributed by atoms with E-state index in [1.54, 1.807) is 18.2 Å². The second-order valence-electron chi connectivity index (χ2n) is 4.69. The number of nitrogen functional groups attached to an aromatic ring is 1. The maximum Gasteiger partial charge on any atom is 0.254 e. The van der Waals surface area contributed by atoms with E-state index in [9.17, 15) is 9.59 Å². The van der Waals surface area contributed by atoms with Crippen LogP contribution in [-0.4, -0.2) is 29.3 Å². The summed E-state index contributed by atoms with van der Waals surface area (Å²) in [7, 11) is 0. The largest absolute Gasteiger partial charge is 0.399 e. The Hall–Kier alpha value is -1.75. The third-order valence-corrected chi connectivity index (χ3v) is 3.48. The lowest BCUT2D eigenvalue weighted by Crippen LogP contribution is -2.50. The molecule has 1 unspecified atom stereocenters. The van der Waals surface area contributed by atoms with Gasteiger partial charge in [-0.1, -0.05) is 11.6 Å². The van der Waals surface area contributed by atoms with Gasteiger partial charge in [0.1, 0.15) is 6.04 Å². The molecule has 2 rings (SSSR count). The molecule has 0 radical (unpaired) electrons. The molecule has 1 aromatic carbocycles. The van der Waals surface area contributed by atoms with E-state index in [0.29, 0.717) is 29.2 Å². The van der Waals surface area contributed by atoms with E-state index in [0.717, 1.165) is 12.8 Å². The predicted molar refractivity (Wildman–Crippen MR) is 73.7 cm³/mol. The van der Waals surface area contributed by atoms with Gasteiger partial charge in [0.05, 0.1) is 0 Å². The van der Waals surface area contributed by atoms with Gasteiger partial charge in [0.15, 0.2) is 0 Å². The third kappa shape index (κ3) is 2.98. The second kappa shape index (κ2) is 5.48. The highest BCUT2D eigenvalue weighted by Gasteiger charge is 2.31. The Morgan fingerprint density at radius 1 is 1.26 bits per heavy atom. The molecule has 1 saturated heterocycles. The zero-order valence-corrected chi connectivity index (χ0v) is 11.2. The number of hydrogen-bond donors (Lipinski definition) is 2. The number of carbonyl (C=O) groups is 2. The van der Waals surface area contributed by atoms with Gasteiger partial charge < -0.3 is 16.4 Å². The molecule has 1 fully saturated rings. The number of halogens is 1. The van der Waals surface area contributed by atoms with E-state index in [-0.39, 0.29) is 5.91 Å². The van der Waals surface area contributed by atoms with Crippen LogP contribution in [0, 0.1) is 0 Å². The standard InChI is InChI=1S/C13H16ClN3O2/c14-9-5-8(6-10(15)7-9)13(19)17-4-2-1-3-11(17)12(16)18/h5-7,11H,1-4,15H2,(H2,16,18). The van der Waals surface area contributed by atoms with Crippen LogP contribution in [0.25, 0.3) is 0 Å². The van der Waals surface area contributed by atoms with Gasteiger partial charge in [0.2, 0.25) is 5.91 Å². The second-order valence-corrected chi connectivity index (χ2v) is 5.12. The van der Waals surface area contributed by atoms with E-state index in [2.05, 4.69) is 0 Å². The highest BCUT2D eigenvalue weighted by atomic mass is 35.5. The number of amides is 2. The lowest BCUT2D eigenvalue weighted by Gasteiger charge is -2.33. The first-order valence-corrected chi connectivity index (χ1v) is 6.53. The number of anilines is 1. The number of benzene rings is 1. The van der Waals surface area contributed by atoms with E-state index >= 15 is 0 Å². The van der Waals surface area contributed by atoms with Crippen molar-refractivity contribution in [2.75, 3.05) is 12.3 Å². The Labute approximate surface area is 116 Å². The summed E-state index contributed by atoms with van der Waals surface area (Å²) < 4.78 is 0. The van der Waals surface area contributed by atoms with Crippen molar-refractivity contribution in [3.63, 3.8) is 0 Å². The van der Waals surface area contributed by atoms with Crippen molar-refractivity contribution in [3.05, 3.63) is 28.8 Å². The summed E-state index contributed by atoms with van der Waals surface area (Å²) in [6.07, 6.45) is 2.37. The molecular weight excluding hydrogens is 266 g/mol. The first kappa shape index (κ1) is 13.7. The van der Waals surface area contributed by atoms with Crippen molar-refractivity contribution in [1.82, 2.24) is 4.90 Å². The van der Waals surface area contributed by atoms with E-state index < -0.39 is 11.9 Å².